The lowest BCUT2D eigenvalue weighted by Gasteiger charge is -2.09. The van der Waals surface area contributed by atoms with E-state index in [1.54, 1.807) is 12.3 Å². The summed E-state index contributed by atoms with van der Waals surface area (Å²) in [6.45, 7) is 11.4. The second-order valence-corrected chi connectivity index (χ2v) is 5.81. The number of hydrogen-bond acceptors (Lipinski definition) is 3. The number of terminal acetylenes is 1. The maximum Gasteiger partial charge on any atom is 0.0889 e. The van der Waals surface area contributed by atoms with E-state index in [1.165, 1.54) is 0 Å². The van der Waals surface area contributed by atoms with Crippen LogP contribution >= 0.6 is 0 Å². The van der Waals surface area contributed by atoms with Crippen molar-refractivity contribution in [3.05, 3.63) is 89.8 Å². The van der Waals surface area contributed by atoms with Gasteiger partial charge in [-0.2, -0.15) is 0 Å². The number of nitrogens with zero attached hydrogens (tertiary/aromatic N) is 2. The smallest absolute Gasteiger partial charge is 0.0889 e. The Balaban J connectivity index is 3.42. The third-order valence-corrected chi connectivity index (χ3v) is 3.53. The van der Waals surface area contributed by atoms with Gasteiger partial charge in [-0.05, 0) is 45.9 Å². The van der Waals surface area contributed by atoms with E-state index in [0.29, 0.717) is 11.4 Å². The Bertz CT molecular complexity index is 894. The SMILES string of the molecule is C#CC(/C=C\C)=C/C(C)=N/C(=C(\C)N)c1cccc(C(C=C)=N/C=C\C)c1. The van der Waals surface area contributed by atoms with Gasteiger partial charge in [0.05, 0.1) is 11.4 Å². The first-order valence-corrected chi connectivity index (χ1v) is 8.71. The molecule has 0 heterocycles. The Kier molecular flexibility index (Phi) is 9.05. The molecule has 0 aliphatic heterocycles. The minimum absolute atomic E-state index is 0.624. The largest absolute Gasteiger partial charge is 0.401 e. The maximum atomic E-state index is 6.11. The van der Waals surface area contributed by atoms with E-state index in [0.717, 1.165) is 28.1 Å². The molecule has 1 rings (SSSR count). The van der Waals surface area contributed by atoms with Crippen LogP contribution in [0.15, 0.2) is 88.7 Å². The highest BCUT2D eigenvalue weighted by molar-refractivity contribution is 6.09. The van der Waals surface area contributed by atoms with Crippen molar-refractivity contribution in [3.63, 3.8) is 0 Å². The first-order chi connectivity index (χ1) is 13.0. The van der Waals surface area contributed by atoms with Crippen LogP contribution in [0.3, 0.4) is 0 Å². The molecule has 0 fully saturated rings. The molecule has 138 valence electrons. The highest BCUT2D eigenvalue weighted by Crippen LogP contribution is 2.21. The summed E-state index contributed by atoms with van der Waals surface area (Å²) in [4.78, 5) is 9.09. The number of nitrogens with two attached hydrogens (primary N) is 1. The summed E-state index contributed by atoms with van der Waals surface area (Å²) in [6.07, 6.45) is 16.5. The molecule has 0 spiro atoms. The molecule has 0 saturated carbocycles. The molecular formula is C24H27N3. The zero-order valence-electron chi connectivity index (χ0n) is 16.5. The molecule has 0 saturated heterocycles. The summed E-state index contributed by atoms with van der Waals surface area (Å²) in [5, 5.41) is 0. The molecule has 3 heteroatoms. The first kappa shape index (κ1) is 21.7. The average Bonchev–Trinajstić information content (AvgIpc) is 2.66. The van der Waals surface area contributed by atoms with Gasteiger partial charge >= 0.3 is 0 Å². The fourth-order valence-corrected chi connectivity index (χ4v) is 2.36. The first-order valence-electron chi connectivity index (χ1n) is 8.71. The monoisotopic (exact) mass is 357 g/mol. The van der Waals surface area contributed by atoms with Crippen molar-refractivity contribution in [2.75, 3.05) is 0 Å². The zero-order valence-corrected chi connectivity index (χ0v) is 16.5. The quantitative estimate of drug-likeness (QED) is 0.394. The van der Waals surface area contributed by atoms with Gasteiger partial charge in [0.15, 0.2) is 0 Å². The number of hydrogen-bond donors (Lipinski definition) is 1. The zero-order chi connectivity index (χ0) is 20.2. The van der Waals surface area contributed by atoms with Gasteiger partial charge in [-0.15, -0.1) is 6.42 Å². The van der Waals surface area contributed by atoms with Crippen LogP contribution < -0.4 is 5.73 Å². The van der Waals surface area contributed by atoms with Crippen LogP contribution in [0, 0.1) is 12.3 Å². The lowest BCUT2D eigenvalue weighted by molar-refractivity contribution is 1.28. The van der Waals surface area contributed by atoms with Gasteiger partial charge in [0.2, 0.25) is 0 Å². The van der Waals surface area contributed by atoms with Crippen LogP contribution in [0.5, 0.6) is 0 Å². The van der Waals surface area contributed by atoms with Crippen LogP contribution in [0.2, 0.25) is 0 Å². The molecule has 0 bridgehead atoms. The predicted molar refractivity (Wildman–Crippen MR) is 120 cm³/mol. The number of allylic oxidation sites excluding steroid dienone is 7. The minimum Gasteiger partial charge on any atom is -0.401 e. The van der Waals surface area contributed by atoms with E-state index in [1.807, 2.05) is 76.3 Å². The molecule has 1 aromatic carbocycles. The van der Waals surface area contributed by atoms with Crippen LogP contribution in [0.4, 0.5) is 0 Å². The molecule has 27 heavy (non-hydrogen) atoms. The van der Waals surface area contributed by atoms with Crippen LogP contribution in [0.25, 0.3) is 5.70 Å². The normalized spacial score (nSPS) is 14.4. The van der Waals surface area contributed by atoms with E-state index in [-0.39, 0.29) is 0 Å². The molecule has 0 aliphatic carbocycles. The maximum absolute atomic E-state index is 6.11. The topological polar surface area (TPSA) is 50.7 Å². The molecule has 0 aliphatic rings. The molecule has 0 atom stereocenters. The van der Waals surface area contributed by atoms with Crippen molar-refractivity contribution in [1.29, 1.82) is 0 Å². The highest BCUT2D eigenvalue weighted by Gasteiger charge is 2.07. The van der Waals surface area contributed by atoms with E-state index in [9.17, 15) is 0 Å². The molecular weight excluding hydrogens is 330 g/mol. The Morgan fingerprint density at radius 3 is 2.44 bits per heavy atom. The van der Waals surface area contributed by atoms with Crippen molar-refractivity contribution in [3.8, 4) is 12.3 Å². The lowest BCUT2D eigenvalue weighted by Crippen LogP contribution is -2.01. The van der Waals surface area contributed by atoms with Crippen LogP contribution in [-0.2, 0) is 0 Å². The molecule has 3 nitrogen and oxygen atoms in total. The van der Waals surface area contributed by atoms with Gasteiger partial charge in [0.1, 0.15) is 0 Å². The van der Waals surface area contributed by atoms with E-state index < -0.39 is 0 Å². The summed E-state index contributed by atoms with van der Waals surface area (Å²) in [6, 6.07) is 7.91. The summed E-state index contributed by atoms with van der Waals surface area (Å²) < 4.78 is 0. The Labute approximate surface area is 163 Å². The molecule has 1 aromatic rings. The fourth-order valence-electron chi connectivity index (χ4n) is 2.36. The fraction of sp³-hybridized carbons (Fsp3) is 0.167. The van der Waals surface area contributed by atoms with Gasteiger partial charge in [0.25, 0.3) is 0 Å². The standard InChI is InChI=1S/C24H27N3/c1-7-12-20(9-3)16-18(5)27-24(19(6)25)22-14-11-13-21(17-22)23(10-4)26-15-8-2/h3,7-8,10-17H,4,25H2,1-2,5-6H3/b12-7-,15-8-,20-16-,24-19+,26-23?,27-18+. The van der Waals surface area contributed by atoms with E-state index in [2.05, 4.69) is 17.5 Å². The van der Waals surface area contributed by atoms with Crippen molar-refractivity contribution >= 4 is 17.1 Å². The lowest BCUT2D eigenvalue weighted by atomic mass is 10.0. The Morgan fingerprint density at radius 2 is 1.89 bits per heavy atom. The number of benzene rings is 1. The van der Waals surface area contributed by atoms with Crippen molar-refractivity contribution < 1.29 is 0 Å². The third-order valence-electron chi connectivity index (χ3n) is 3.53. The van der Waals surface area contributed by atoms with E-state index >= 15 is 0 Å². The summed E-state index contributed by atoms with van der Waals surface area (Å²) in [7, 11) is 0. The van der Waals surface area contributed by atoms with Gasteiger partial charge in [-0.1, -0.05) is 48.9 Å². The van der Waals surface area contributed by atoms with Crippen LogP contribution in [0.1, 0.15) is 38.8 Å². The second kappa shape index (κ2) is 11.3. The minimum atomic E-state index is 0.624. The number of rotatable bonds is 7. The Morgan fingerprint density at radius 1 is 1.19 bits per heavy atom. The van der Waals surface area contributed by atoms with Gasteiger partial charge in [0, 0.05) is 34.3 Å². The Hall–Kier alpha value is -3.38. The van der Waals surface area contributed by atoms with Crippen molar-refractivity contribution in [2.24, 2.45) is 15.7 Å². The summed E-state index contributed by atoms with van der Waals surface area (Å²) in [5.74, 6) is 2.64. The molecule has 2 N–H and O–H groups in total. The number of aliphatic imine (C=N–C) groups is 2. The van der Waals surface area contributed by atoms with E-state index in [4.69, 9.17) is 17.1 Å². The molecule has 0 radical (unpaired) electrons. The summed E-state index contributed by atoms with van der Waals surface area (Å²) in [5.41, 5.74) is 11.6. The second-order valence-electron chi connectivity index (χ2n) is 5.81. The van der Waals surface area contributed by atoms with Gasteiger partial charge < -0.3 is 5.73 Å². The van der Waals surface area contributed by atoms with Crippen LogP contribution in [-0.4, -0.2) is 11.4 Å². The predicted octanol–water partition coefficient (Wildman–Crippen LogP) is 5.44. The average molecular weight is 358 g/mol. The molecule has 0 aromatic heterocycles. The molecule has 0 unspecified atom stereocenters. The van der Waals surface area contributed by atoms with Gasteiger partial charge in [-0.3, -0.25) is 9.98 Å². The summed E-state index contributed by atoms with van der Waals surface area (Å²) >= 11 is 0. The van der Waals surface area contributed by atoms with Crippen molar-refractivity contribution in [2.45, 2.75) is 27.7 Å². The highest BCUT2D eigenvalue weighted by atomic mass is 14.8. The third kappa shape index (κ3) is 6.80. The molecule has 0 amide bonds. The van der Waals surface area contributed by atoms with Crippen molar-refractivity contribution in [1.82, 2.24) is 0 Å². The van der Waals surface area contributed by atoms with Gasteiger partial charge in [-0.25, -0.2) is 0 Å².